The van der Waals surface area contributed by atoms with Crippen LogP contribution in [0.15, 0.2) is 18.2 Å². The number of fused-ring (bicyclic) bond motifs is 1. The molecule has 2 heterocycles. The molecular formula is C13H16N2O. The summed E-state index contributed by atoms with van der Waals surface area (Å²) in [4.78, 5) is 11.3. The van der Waals surface area contributed by atoms with Crippen LogP contribution in [0, 0.1) is 0 Å². The van der Waals surface area contributed by atoms with E-state index >= 15 is 0 Å². The maximum Gasteiger partial charge on any atom is 0.228 e. The molecule has 0 spiro atoms. The molecular weight excluding hydrogens is 200 g/mol. The Kier molecular flexibility index (Phi) is 2.40. The summed E-state index contributed by atoms with van der Waals surface area (Å²) in [6, 6.07) is 6.40. The summed E-state index contributed by atoms with van der Waals surface area (Å²) >= 11 is 0. The number of benzene rings is 1. The zero-order valence-electron chi connectivity index (χ0n) is 9.25. The smallest absolute Gasteiger partial charge is 0.228 e. The monoisotopic (exact) mass is 216 g/mol. The number of amides is 1. The quantitative estimate of drug-likeness (QED) is 0.749. The Bertz CT molecular complexity index is 422. The molecule has 0 saturated carbocycles. The molecule has 0 bridgehead atoms. The minimum absolute atomic E-state index is 0.119. The van der Waals surface area contributed by atoms with Crippen molar-refractivity contribution in [2.75, 3.05) is 18.4 Å². The first-order valence-corrected chi connectivity index (χ1v) is 5.96. The van der Waals surface area contributed by atoms with Crippen LogP contribution in [0.2, 0.25) is 0 Å². The van der Waals surface area contributed by atoms with Crippen LogP contribution >= 0.6 is 0 Å². The second-order valence-corrected chi connectivity index (χ2v) is 4.68. The Balaban J connectivity index is 1.86. The van der Waals surface area contributed by atoms with E-state index in [-0.39, 0.29) is 5.91 Å². The van der Waals surface area contributed by atoms with Crippen molar-refractivity contribution in [1.29, 1.82) is 0 Å². The third-order valence-electron chi connectivity index (χ3n) is 3.52. The lowest BCUT2D eigenvalue weighted by atomic mass is 9.90. The largest absolute Gasteiger partial charge is 0.326 e. The zero-order valence-corrected chi connectivity index (χ0v) is 9.25. The lowest BCUT2D eigenvalue weighted by Gasteiger charge is -2.23. The highest BCUT2D eigenvalue weighted by Crippen LogP contribution is 2.29. The molecule has 1 aromatic carbocycles. The Hall–Kier alpha value is -1.35. The first-order valence-electron chi connectivity index (χ1n) is 5.96. The number of hydrogen-bond acceptors (Lipinski definition) is 2. The van der Waals surface area contributed by atoms with Gasteiger partial charge in [-0.15, -0.1) is 0 Å². The third kappa shape index (κ3) is 1.71. The van der Waals surface area contributed by atoms with Crippen LogP contribution < -0.4 is 10.6 Å². The van der Waals surface area contributed by atoms with Gasteiger partial charge in [-0.25, -0.2) is 0 Å². The van der Waals surface area contributed by atoms with Gasteiger partial charge in [0.25, 0.3) is 0 Å². The number of carbonyl (C=O) groups is 1. The molecule has 0 radical (unpaired) electrons. The summed E-state index contributed by atoms with van der Waals surface area (Å²) in [5, 5.41) is 6.30. The van der Waals surface area contributed by atoms with Crippen LogP contribution in [0.25, 0.3) is 0 Å². The van der Waals surface area contributed by atoms with Crippen molar-refractivity contribution in [3.63, 3.8) is 0 Å². The van der Waals surface area contributed by atoms with E-state index in [1.807, 2.05) is 6.07 Å². The first-order chi connectivity index (χ1) is 7.83. The summed E-state index contributed by atoms with van der Waals surface area (Å²) < 4.78 is 0. The maximum atomic E-state index is 11.3. The average molecular weight is 216 g/mol. The molecule has 0 aromatic heterocycles. The lowest BCUT2D eigenvalue weighted by Crippen LogP contribution is -2.28. The topological polar surface area (TPSA) is 41.1 Å². The first kappa shape index (κ1) is 9.85. The highest BCUT2D eigenvalue weighted by atomic mass is 16.1. The lowest BCUT2D eigenvalue weighted by molar-refractivity contribution is -0.115. The van der Waals surface area contributed by atoms with Crippen LogP contribution in [-0.4, -0.2) is 19.0 Å². The fraction of sp³-hybridized carbons (Fsp3) is 0.462. The Labute approximate surface area is 95.2 Å². The van der Waals surface area contributed by atoms with E-state index in [0.29, 0.717) is 12.3 Å². The predicted octanol–water partition coefficient (Wildman–Crippen LogP) is 1.65. The van der Waals surface area contributed by atoms with Gasteiger partial charge < -0.3 is 10.6 Å². The van der Waals surface area contributed by atoms with Gasteiger partial charge in [0.05, 0.1) is 6.42 Å². The summed E-state index contributed by atoms with van der Waals surface area (Å²) in [6.07, 6.45) is 3.05. The van der Waals surface area contributed by atoms with Gasteiger partial charge in [-0.2, -0.15) is 0 Å². The summed E-state index contributed by atoms with van der Waals surface area (Å²) in [5.41, 5.74) is 3.54. The van der Waals surface area contributed by atoms with Crippen LogP contribution in [-0.2, 0) is 11.2 Å². The van der Waals surface area contributed by atoms with Crippen molar-refractivity contribution in [2.24, 2.45) is 0 Å². The minimum Gasteiger partial charge on any atom is -0.326 e. The van der Waals surface area contributed by atoms with Crippen LogP contribution in [0.4, 0.5) is 5.69 Å². The van der Waals surface area contributed by atoms with Gasteiger partial charge in [0, 0.05) is 12.2 Å². The van der Waals surface area contributed by atoms with E-state index < -0.39 is 0 Å². The van der Waals surface area contributed by atoms with Crippen molar-refractivity contribution in [3.8, 4) is 0 Å². The molecule has 16 heavy (non-hydrogen) atoms. The van der Waals surface area contributed by atoms with Crippen LogP contribution in [0.1, 0.15) is 29.9 Å². The number of rotatable bonds is 1. The van der Waals surface area contributed by atoms with Crippen molar-refractivity contribution < 1.29 is 4.79 Å². The summed E-state index contributed by atoms with van der Waals surface area (Å²) in [5.74, 6) is 0.740. The summed E-state index contributed by atoms with van der Waals surface area (Å²) in [7, 11) is 0. The number of nitrogens with one attached hydrogen (secondary N) is 2. The second kappa shape index (κ2) is 3.91. The van der Waals surface area contributed by atoms with E-state index in [1.165, 1.54) is 18.4 Å². The van der Waals surface area contributed by atoms with Crippen LogP contribution in [0.5, 0.6) is 0 Å². The highest BCUT2D eigenvalue weighted by molar-refractivity contribution is 5.99. The molecule has 0 aliphatic carbocycles. The molecule has 2 aliphatic heterocycles. The number of piperidine rings is 1. The average Bonchev–Trinajstić information content (AvgIpc) is 2.69. The molecule has 1 atom stereocenters. The molecule has 3 heteroatoms. The van der Waals surface area contributed by atoms with Crippen molar-refractivity contribution >= 4 is 11.6 Å². The van der Waals surface area contributed by atoms with E-state index in [2.05, 4.69) is 22.8 Å². The fourth-order valence-corrected chi connectivity index (χ4v) is 2.64. The number of anilines is 1. The van der Waals surface area contributed by atoms with E-state index in [4.69, 9.17) is 0 Å². The summed E-state index contributed by atoms with van der Waals surface area (Å²) in [6.45, 7) is 2.21. The molecule has 3 nitrogen and oxygen atoms in total. The number of carbonyl (C=O) groups excluding carboxylic acids is 1. The van der Waals surface area contributed by atoms with Crippen molar-refractivity contribution in [3.05, 3.63) is 29.3 Å². The molecule has 2 N–H and O–H groups in total. The Morgan fingerprint density at radius 1 is 1.31 bits per heavy atom. The molecule has 2 aliphatic rings. The maximum absolute atomic E-state index is 11.3. The fourth-order valence-electron chi connectivity index (χ4n) is 2.64. The van der Waals surface area contributed by atoms with Gasteiger partial charge >= 0.3 is 0 Å². The highest BCUT2D eigenvalue weighted by Gasteiger charge is 2.20. The van der Waals surface area contributed by atoms with E-state index in [0.717, 1.165) is 24.3 Å². The van der Waals surface area contributed by atoms with E-state index in [1.54, 1.807) is 0 Å². The van der Waals surface area contributed by atoms with Gasteiger partial charge in [-0.3, -0.25) is 4.79 Å². The standard InChI is InChI=1S/C13H16N2O/c16-13-7-11-6-9(3-4-12(11)15-13)10-2-1-5-14-8-10/h3-4,6,10,14H,1-2,5,7-8H2,(H,15,16). The van der Waals surface area contributed by atoms with Crippen molar-refractivity contribution in [1.82, 2.24) is 5.32 Å². The number of hydrogen-bond donors (Lipinski definition) is 2. The predicted molar refractivity (Wildman–Crippen MR) is 63.6 cm³/mol. The van der Waals surface area contributed by atoms with Gasteiger partial charge in [0.2, 0.25) is 5.91 Å². The van der Waals surface area contributed by atoms with E-state index in [9.17, 15) is 4.79 Å². The third-order valence-corrected chi connectivity index (χ3v) is 3.52. The molecule has 1 aromatic rings. The molecule has 1 fully saturated rings. The van der Waals surface area contributed by atoms with Crippen molar-refractivity contribution in [2.45, 2.75) is 25.2 Å². The molecule has 84 valence electrons. The second-order valence-electron chi connectivity index (χ2n) is 4.68. The zero-order chi connectivity index (χ0) is 11.0. The van der Waals surface area contributed by atoms with Gasteiger partial charge in [-0.1, -0.05) is 12.1 Å². The molecule has 1 unspecified atom stereocenters. The molecule has 3 rings (SSSR count). The van der Waals surface area contributed by atoms with Gasteiger partial charge in [-0.05, 0) is 42.5 Å². The normalized spacial score (nSPS) is 24.0. The van der Waals surface area contributed by atoms with Crippen LogP contribution in [0.3, 0.4) is 0 Å². The SMILES string of the molecule is O=C1Cc2cc(C3CCCNC3)ccc2N1. The Morgan fingerprint density at radius 2 is 2.25 bits per heavy atom. The minimum atomic E-state index is 0.119. The molecule has 1 amide bonds. The van der Waals surface area contributed by atoms with Gasteiger partial charge in [0.1, 0.15) is 0 Å². The van der Waals surface area contributed by atoms with Gasteiger partial charge in [0.15, 0.2) is 0 Å². The molecule has 1 saturated heterocycles. The Morgan fingerprint density at radius 3 is 3.06 bits per heavy atom.